The van der Waals surface area contributed by atoms with Gasteiger partial charge in [-0.1, -0.05) is 41.6 Å². The van der Waals surface area contributed by atoms with Crippen molar-refractivity contribution in [3.63, 3.8) is 0 Å². The molecule has 118 valence electrons. The first-order valence-corrected chi connectivity index (χ1v) is 8.72. The molecular formula is C14H16ClN3O2S2. The number of benzene rings is 1. The Morgan fingerprint density at radius 2 is 2.27 bits per heavy atom. The molecule has 1 N–H and O–H groups in total. The van der Waals surface area contributed by atoms with Crippen molar-refractivity contribution in [2.24, 2.45) is 0 Å². The first-order chi connectivity index (χ1) is 10.5. The molecule has 1 aromatic heterocycles. The van der Waals surface area contributed by atoms with Crippen LogP contribution in [0.2, 0.25) is 5.02 Å². The van der Waals surface area contributed by atoms with Crippen LogP contribution in [-0.2, 0) is 4.79 Å². The van der Waals surface area contributed by atoms with Gasteiger partial charge in [-0.25, -0.2) is 0 Å². The molecule has 0 aliphatic carbocycles. The second kappa shape index (κ2) is 7.80. The highest BCUT2D eigenvalue weighted by Gasteiger charge is 2.20. The number of amides is 1. The number of nitrogens with zero attached hydrogens (tertiary/aromatic N) is 2. The van der Waals surface area contributed by atoms with Gasteiger partial charge in [0.25, 0.3) is 0 Å². The molecule has 0 radical (unpaired) electrons. The van der Waals surface area contributed by atoms with Gasteiger partial charge in [-0.05, 0) is 31.5 Å². The summed E-state index contributed by atoms with van der Waals surface area (Å²) in [4.78, 5) is 12.4. The number of rotatable bonds is 6. The summed E-state index contributed by atoms with van der Waals surface area (Å²) in [6.45, 7) is 3.86. The van der Waals surface area contributed by atoms with Crippen LogP contribution in [0.5, 0.6) is 5.75 Å². The van der Waals surface area contributed by atoms with E-state index in [4.69, 9.17) is 16.3 Å². The van der Waals surface area contributed by atoms with Gasteiger partial charge in [-0.15, -0.1) is 10.2 Å². The largest absolute Gasteiger partial charge is 0.495 e. The van der Waals surface area contributed by atoms with Crippen LogP contribution in [-0.4, -0.2) is 28.5 Å². The molecule has 1 unspecified atom stereocenters. The van der Waals surface area contributed by atoms with Gasteiger partial charge in [0.05, 0.1) is 17.4 Å². The molecule has 1 amide bonds. The van der Waals surface area contributed by atoms with Gasteiger partial charge in [0.2, 0.25) is 5.91 Å². The highest BCUT2D eigenvalue weighted by molar-refractivity contribution is 8.02. The standard InChI is InChI=1S/C14H16ClN3O2S2/c1-4-12(22-14-18-17-8(2)21-14)13(19)16-9-5-6-11(20-3)10(15)7-9/h5-7,12H,4H2,1-3H3,(H,16,19). The Morgan fingerprint density at radius 1 is 1.50 bits per heavy atom. The number of nitrogens with one attached hydrogen (secondary N) is 1. The molecule has 0 fully saturated rings. The van der Waals surface area contributed by atoms with Crippen LogP contribution in [0.25, 0.3) is 0 Å². The summed E-state index contributed by atoms with van der Waals surface area (Å²) in [6, 6.07) is 5.15. The molecule has 1 atom stereocenters. The monoisotopic (exact) mass is 357 g/mol. The van der Waals surface area contributed by atoms with Crippen molar-refractivity contribution in [3.05, 3.63) is 28.2 Å². The lowest BCUT2D eigenvalue weighted by molar-refractivity contribution is -0.115. The van der Waals surface area contributed by atoms with E-state index < -0.39 is 0 Å². The Balaban J connectivity index is 2.04. The maximum absolute atomic E-state index is 12.4. The number of aromatic nitrogens is 2. The Hall–Kier alpha value is -1.31. The SMILES string of the molecule is CCC(Sc1nnc(C)s1)C(=O)Nc1ccc(OC)c(Cl)c1. The smallest absolute Gasteiger partial charge is 0.237 e. The Morgan fingerprint density at radius 3 is 2.82 bits per heavy atom. The summed E-state index contributed by atoms with van der Waals surface area (Å²) in [5.41, 5.74) is 0.642. The van der Waals surface area contributed by atoms with Gasteiger partial charge in [-0.3, -0.25) is 4.79 Å². The van der Waals surface area contributed by atoms with E-state index in [2.05, 4.69) is 15.5 Å². The highest BCUT2D eigenvalue weighted by atomic mass is 35.5. The second-order valence-corrected chi connectivity index (χ2v) is 7.48. The average Bonchev–Trinajstić information content (AvgIpc) is 2.90. The quantitative estimate of drug-likeness (QED) is 0.791. The van der Waals surface area contributed by atoms with Crippen molar-refractivity contribution in [1.29, 1.82) is 0 Å². The molecule has 0 aliphatic rings. The van der Waals surface area contributed by atoms with E-state index in [0.29, 0.717) is 22.9 Å². The van der Waals surface area contributed by atoms with Crippen LogP contribution in [0.1, 0.15) is 18.4 Å². The molecule has 1 heterocycles. The number of methoxy groups -OCH3 is 1. The molecular weight excluding hydrogens is 342 g/mol. The summed E-state index contributed by atoms with van der Waals surface area (Å²) in [5, 5.41) is 12.0. The fourth-order valence-corrected chi connectivity index (χ4v) is 3.98. The third-order valence-electron chi connectivity index (χ3n) is 2.83. The molecule has 0 bridgehead atoms. The lowest BCUT2D eigenvalue weighted by Gasteiger charge is -2.13. The van der Waals surface area contributed by atoms with Gasteiger partial charge < -0.3 is 10.1 Å². The lowest BCUT2D eigenvalue weighted by atomic mass is 10.2. The molecule has 0 saturated heterocycles. The third kappa shape index (κ3) is 4.34. The highest BCUT2D eigenvalue weighted by Crippen LogP contribution is 2.30. The van der Waals surface area contributed by atoms with Crippen molar-refractivity contribution in [2.75, 3.05) is 12.4 Å². The lowest BCUT2D eigenvalue weighted by Crippen LogP contribution is -2.24. The zero-order chi connectivity index (χ0) is 16.1. The zero-order valence-corrected chi connectivity index (χ0v) is 14.8. The van der Waals surface area contributed by atoms with Crippen LogP contribution < -0.4 is 10.1 Å². The molecule has 0 saturated carbocycles. The fraction of sp³-hybridized carbons (Fsp3) is 0.357. The minimum atomic E-state index is -0.228. The van der Waals surface area contributed by atoms with Gasteiger partial charge >= 0.3 is 0 Å². The van der Waals surface area contributed by atoms with Crippen LogP contribution >= 0.6 is 34.7 Å². The first kappa shape index (κ1) is 17.1. The summed E-state index contributed by atoms with van der Waals surface area (Å²) >= 11 is 8.97. The zero-order valence-electron chi connectivity index (χ0n) is 12.4. The summed E-state index contributed by atoms with van der Waals surface area (Å²) in [7, 11) is 1.55. The predicted molar refractivity (Wildman–Crippen MR) is 91.2 cm³/mol. The van der Waals surface area contributed by atoms with E-state index in [1.54, 1.807) is 25.3 Å². The number of anilines is 1. The maximum Gasteiger partial charge on any atom is 0.237 e. The summed E-state index contributed by atoms with van der Waals surface area (Å²) in [5.74, 6) is 0.493. The fourth-order valence-electron chi connectivity index (χ4n) is 1.74. The van der Waals surface area contributed by atoms with Crippen LogP contribution in [0.15, 0.2) is 22.5 Å². The third-order valence-corrected chi connectivity index (χ3v) is 5.42. The van der Waals surface area contributed by atoms with Crippen molar-refractivity contribution in [2.45, 2.75) is 29.9 Å². The van der Waals surface area contributed by atoms with Crippen LogP contribution in [0.3, 0.4) is 0 Å². The number of hydrogen-bond acceptors (Lipinski definition) is 6. The van der Waals surface area contributed by atoms with Crippen LogP contribution in [0, 0.1) is 6.92 Å². The summed E-state index contributed by atoms with van der Waals surface area (Å²) in [6.07, 6.45) is 0.693. The number of carbonyl (C=O) groups is 1. The topological polar surface area (TPSA) is 64.1 Å². The number of carbonyl (C=O) groups excluding carboxylic acids is 1. The van der Waals surface area contributed by atoms with Gasteiger partial charge in [0, 0.05) is 5.69 Å². The van der Waals surface area contributed by atoms with Crippen molar-refractivity contribution >= 4 is 46.3 Å². The van der Waals surface area contributed by atoms with E-state index in [9.17, 15) is 4.79 Å². The van der Waals surface area contributed by atoms with E-state index in [1.807, 2.05) is 13.8 Å². The van der Waals surface area contributed by atoms with Gasteiger partial charge in [-0.2, -0.15) is 0 Å². The van der Waals surface area contributed by atoms with E-state index >= 15 is 0 Å². The minimum Gasteiger partial charge on any atom is -0.495 e. The van der Waals surface area contributed by atoms with E-state index in [-0.39, 0.29) is 11.2 Å². The number of aryl methyl sites for hydroxylation is 1. The molecule has 1 aromatic carbocycles. The number of thioether (sulfide) groups is 1. The molecule has 0 aliphatic heterocycles. The molecule has 2 rings (SSSR count). The van der Waals surface area contributed by atoms with Crippen molar-refractivity contribution in [1.82, 2.24) is 10.2 Å². The predicted octanol–water partition coefficient (Wildman–Crippen LogP) is 4.02. The van der Waals surface area contributed by atoms with Crippen molar-refractivity contribution in [3.8, 4) is 5.75 Å². The first-order valence-electron chi connectivity index (χ1n) is 6.64. The van der Waals surface area contributed by atoms with Gasteiger partial charge in [0.15, 0.2) is 4.34 Å². The Kier molecular flexibility index (Phi) is 6.05. The molecule has 8 heteroatoms. The second-order valence-electron chi connectivity index (χ2n) is 4.44. The average molecular weight is 358 g/mol. The van der Waals surface area contributed by atoms with Crippen molar-refractivity contribution < 1.29 is 9.53 Å². The van der Waals surface area contributed by atoms with Crippen LogP contribution in [0.4, 0.5) is 5.69 Å². The van der Waals surface area contributed by atoms with E-state index in [0.717, 1.165) is 9.35 Å². The number of halogens is 1. The molecule has 0 spiro atoms. The Bertz CT molecular complexity index is 663. The number of ether oxygens (including phenoxy) is 1. The molecule has 22 heavy (non-hydrogen) atoms. The maximum atomic E-state index is 12.4. The van der Waals surface area contributed by atoms with E-state index in [1.165, 1.54) is 23.1 Å². The number of hydrogen-bond donors (Lipinski definition) is 1. The Labute approximate surface area is 142 Å². The van der Waals surface area contributed by atoms with Gasteiger partial charge in [0.1, 0.15) is 10.8 Å². The summed E-state index contributed by atoms with van der Waals surface area (Å²) < 4.78 is 5.89. The molecule has 2 aromatic rings. The minimum absolute atomic E-state index is 0.0819. The normalized spacial score (nSPS) is 12.0. The molecule has 5 nitrogen and oxygen atoms in total.